The molecule has 0 aliphatic carbocycles. The van der Waals surface area contributed by atoms with E-state index in [1.54, 1.807) is 0 Å². The van der Waals surface area contributed by atoms with Crippen molar-refractivity contribution in [3.8, 4) is 73.8 Å². The summed E-state index contributed by atoms with van der Waals surface area (Å²) in [4.78, 5) is 27.4. The van der Waals surface area contributed by atoms with Crippen LogP contribution >= 0.6 is 0 Å². The second-order valence-corrected chi connectivity index (χ2v) is 25.1. The first-order chi connectivity index (χ1) is 37.2. The van der Waals surface area contributed by atoms with Crippen molar-refractivity contribution in [2.24, 2.45) is 0 Å². The molecule has 0 aliphatic heterocycles. The standard InChI is InChI=1S/C71H66N6O/c1-68(2,3)48-35-46(36-49(40-48)69(4,5)6)65-74-66(47-37-50(70(7,8)9)41-51(38-47)71(10,11)12)76-67(75-65)55-39-45(57-42-56(43-23-15-13-16-24-43)72-64(73-57)44-25-17-14-18-26-44)31-33-59(55)77-58-29-21-19-28-54(58)62-60(77)34-32-53-52-27-20-22-30-61(52)78-63(53)62/h13-42H,1-12H3. The Hall–Kier alpha value is -8.55. The van der Waals surface area contributed by atoms with E-state index in [0.29, 0.717) is 23.3 Å². The monoisotopic (exact) mass is 1020 g/mol. The summed E-state index contributed by atoms with van der Waals surface area (Å²) < 4.78 is 9.17. The first kappa shape index (κ1) is 50.3. The largest absolute Gasteiger partial charge is 0.455 e. The van der Waals surface area contributed by atoms with Crippen molar-refractivity contribution in [1.82, 2.24) is 29.5 Å². The number of aromatic nitrogens is 6. The molecule has 0 amide bonds. The summed E-state index contributed by atoms with van der Waals surface area (Å²) in [6, 6.07) is 64.5. The highest BCUT2D eigenvalue weighted by molar-refractivity contribution is 6.24. The molecule has 8 aromatic carbocycles. The van der Waals surface area contributed by atoms with Crippen LogP contribution in [0.2, 0.25) is 0 Å². The zero-order valence-electron chi connectivity index (χ0n) is 46.9. The number of fused-ring (bicyclic) bond motifs is 7. The van der Waals surface area contributed by atoms with Gasteiger partial charge >= 0.3 is 0 Å². The van der Waals surface area contributed by atoms with Gasteiger partial charge in [-0.1, -0.05) is 198 Å². The molecule has 0 radical (unpaired) electrons. The molecule has 0 unspecified atom stereocenters. The zero-order valence-corrected chi connectivity index (χ0v) is 46.9. The molecule has 0 spiro atoms. The summed E-state index contributed by atoms with van der Waals surface area (Å²) in [7, 11) is 0. The van der Waals surface area contributed by atoms with Crippen LogP contribution in [0.3, 0.4) is 0 Å². The number of hydrogen-bond donors (Lipinski definition) is 0. The Morgan fingerprint density at radius 2 is 0.808 bits per heavy atom. The first-order valence-corrected chi connectivity index (χ1v) is 27.2. The quantitative estimate of drug-likeness (QED) is 0.158. The normalized spacial score (nSPS) is 12.6. The Kier molecular flexibility index (Phi) is 12.0. The molecule has 0 aliphatic rings. The molecule has 7 nitrogen and oxygen atoms in total. The van der Waals surface area contributed by atoms with E-state index in [4.69, 9.17) is 29.3 Å². The van der Waals surface area contributed by atoms with Gasteiger partial charge in [-0.25, -0.2) is 24.9 Å². The van der Waals surface area contributed by atoms with Crippen molar-refractivity contribution in [3.63, 3.8) is 0 Å². The Bertz CT molecular complexity index is 4070. The SMILES string of the molecule is CC(C)(C)c1cc(-c2nc(-c3cc(C(C)(C)C)cc(C(C)(C)C)c3)nc(-c3cc(-c4cc(-c5ccccc5)nc(-c5ccccc5)n4)ccc3-n3c4ccccc4c4c5oc6ccccc6c5ccc43)n2)cc(C(C)(C)C)c1. The molecule has 12 aromatic rings. The Morgan fingerprint density at radius 3 is 1.37 bits per heavy atom. The van der Waals surface area contributed by atoms with E-state index < -0.39 is 0 Å². The maximum absolute atomic E-state index is 6.81. The van der Waals surface area contributed by atoms with Gasteiger partial charge < -0.3 is 8.98 Å². The number of hydrogen-bond acceptors (Lipinski definition) is 6. The van der Waals surface area contributed by atoms with Gasteiger partial charge in [0.15, 0.2) is 23.3 Å². The number of furan rings is 1. The second kappa shape index (κ2) is 18.6. The van der Waals surface area contributed by atoms with Gasteiger partial charge in [-0.3, -0.25) is 0 Å². The van der Waals surface area contributed by atoms with Gasteiger partial charge in [0.05, 0.1) is 33.5 Å². The highest BCUT2D eigenvalue weighted by atomic mass is 16.3. The Morgan fingerprint density at radius 1 is 0.333 bits per heavy atom. The van der Waals surface area contributed by atoms with E-state index in [2.05, 4.69) is 239 Å². The van der Waals surface area contributed by atoms with E-state index in [9.17, 15) is 0 Å². The van der Waals surface area contributed by atoms with Gasteiger partial charge in [0.25, 0.3) is 0 Å². The fourth-order valence-corrected chi connectivity index (χ4v) is 10.6. The highest BCUT2D eigenvalue weighted by Gasteiger charge is 2.28. The van der Waals surface area contributed by atoms with Gasteiger partial charge in [-0.05, 0) is 111 Å². The molecule has 4 aromatic heterocycles. The average Bonchev–Trinajstić information content (AvgIpc) is 4.17. The summed E-state index contributed by atoms with van der Waals surface area (Å²) in [5.41, 5.74) is 16.1. The lowest BCUT2D eigenvalue weighted by Crippen LogP contribution is -2.17. The van der Waals surface area contributed by atoms with E-state index in [1.165, 1.54) is 22.3 Å². The van der Waals surface area contributed by atoms with Crippen LogP contribution in [0, 0.1) is 0 Å². The molecule has 0 saturated heterocycles. The average molecular weight is 1020 g/mol. The summed E-state index contributed by atoms with van der Waals surface area (Å²) in [6.07, 6.45) is 0. The van der Waals surface area contributed by atoms with Crippen LogP contribution in [0.5, 0.6) is 0 Å². The minimum atomic E-state index is -0.143. The molecule has 7 heteroatoms. The molecule has 386 valence electrons. The van der Waals surface area contributed by atoms with Gasteiger partial charge in [-0.2, -0.15) is 0 Å². The van der Waals surface area contributed by atoms with Crippen LogP contribution in [0.15, 0.2) is 186 Å². The second-order valence-electron chi connectivity index (χ2n) is 25.1. The molecule has 4 heterocycles. The molecule has 12 rings (SSSR count). The minimum absolute atomic E-state index is 0.143. The predicted molar refractivity (Wildman–Crippen MR) is 324 cm³/mol. The van der Waals surface area contributed by atoms with Crippen LogP contribution in [-0.4, -0.2) is 29.5 Å². The number of rotatable bonds is 7. The lowest BCUT2D eigenvalue weighted by molar-refractivity contribution is 0.568. The smallest absolute Gasteiger partial charge is 0.166 e. The molecular weight excluding hydrogens is 953 g/mol. The van der Waals surface area contributed by atoms with Crippen molar-refractivity contribution in [2.75, 3.05) is 0 Å². The summed E-state index contributed by atoms with van der Waals surface area (Å²) in [6.45, 7) is 27.3. The van der Waals surface area contributed by atoms with Crippen LogP contribution < -0.4 is 0 Å². The third-order valence-electron chi connectivity index (χ3n) is 15.3. The summed E-state index contributed by atoms with van der Waals surface area (Å²) in [5.74, 6) is 2.39. The fourth-order valence-electron chi connectivity index (χ4n) is 10.6. The van der Waals surface area contributed by atoms with E-state index in [0.717, 1.165) is 94.2 Å². The lowest BCUT2D eigenvalue weighted by atomic mass is 9.79. The summed E-state index contributed by atoms with van der Waals surface area (Å²) in [5, 5.41) is 4.30. The molecule has 78 heavy (non-hydrogen) atoms. The maximum Gasteiger partial charge on any atom is 0.166 e. The molecule has 0 saturated carbocycles. The molecule has 0 atom stereocenters. The third-order valence-corrected chi connectivity index (χ3v) is 15.3. The first-order valence-electron chi connectivity index (χ1n) is 27.2. The summed E-state index contributed by atoms with van der Waals surface area (Å²) >= 11 is 0. The Labute approximate surface area is 458 Å². The van der Waals surface area contributed by atoms with Crippen molar-refractivity contribution in [2.45, 2.75) is 105 Å². The maximum atomic E-state index is 6.81. The van der Waals surface area contributed by atoms with Crippen LogP contribution in [0.25, 0.3) is 117 Å². The van der Waals surface area contributed by atoms with Crippen LogP contribution in [0.1, 0.15) is 105 Å². The van der Waals surface area contributed by atoms with Crippen molar-refractivity contribution >= 4 is 43.7 Å². The van der Waals surface area contributed by atoms with Crippen molar-refractivity contribution < 1.29 is 4.42 Å². The van der Waals surface area contributed by atoms with E-state index >= 15 is 0 Å². The van der Waals surface area contributed by atoms with Gasteiger partial charge in [0, 0.05) is 49.5 Å². The topological polar surface area (TPSA) is 82.5 Å². The molecular formula is C71H66N6O. The van der Waals surface area contributed by atoms with E-state index in [-0.39, 0.29) is 21.7 Å². The Balaban J connectivity index is 1.20. The predicted octanol–water partition coefficient (Wildman–Crippen LogP) is 18.9. The molecule has 0 N–H and O–H groups in total. The van der Waals surface area contributed by atoms with Gasteiger partial charge in [0.2, 0.25) is 0 Å². The molecule has 0 bridgehead atoms. The number of para-hydroxylation sites is 2. The fraction of sp³-hybridized carbons (Fsp3) is 0.225. The van der Waals surface area contributed by atoms with Crippen molar-refractivity contribution in [3.05, 3.63) is 204 Å². The van der Waals surface area contributed by atoms with Gasteiger partial charge in [-0.15, -0.1) is 0 Å². The minimum Gasteiger partial charge on any atom is -0.455 e. The van der Waals surface area contributed by atoms with Crippen LogP contribution in [-0.2, 0) is 21.7 Å². The lowest BCUT2D eigenvalue weighted by Gasteiger charge is -2.26. The molecule has 0 fully saturated rings. The van der Waals surface area contributed by atoms with Crippen LogP contribution in [0.4, 0.5) is 0 Å². The number of nitrogens with zero attached hydrogens (tertiary/aromatic N) is 6. The zero-order chi connectivity index (χ0) is 54.5. The third kappa shape index (κ3) is 9.25. The van der Waals surface area contributed by atoms with Gasteiger partial charge in [0.1, 0.15) is 11.2 Å². The highest BCUT2D eigenvalue weighted by Crippen LogP contribution is 2.44. The number of benzene rings is 8. The van der Waals surface area contributed by atoms with Crippen molar-refractivity contribution in [1.29, 1.82) is 0 Å². The van der Waals surface area contributed by atoms with E-state index in [1.807, 2.05) is 30.3 Å².